The minimum atomic E-state index is 0.446. The van der Waals surface area contributed by atoms with Crippen molar-refractivity contribution in [3.05, 3.63) is 0 Å². The zero-order valence-corrected chi connectivity index (χ0v) is 11.4. The molecule has 0 spiro atoms. The summed E-state index contributed by atoms with van der Waals surface area (Å²) in [6.07, 6.45) is 11.2. The second-order valence-electron chi connectivity index (χ2n) is 7.24. The van der Waals surface area contributed by atoms with Crippen LogP contribution in [0, 0.1) is 35.5 Å². The third kappa shape index (κ3) is 2.46. The molecule has 0 aliphatic heterocycles. The lowest BCUT2D eigenvalue weighted by molar-refractivity contribution is 0.177. The lowest BCUT2D eigenvalue weighted by Gasteiger charge is -2.18. The molecule has 0 aromatic carbocycles. The summed E-state index contributed by atoms with van der Waals surface area (Å²) < 4.78 is 0. The van der Waals surface area contributed by atoms with Crippen molar-refractivity contribution >= 4 is 0 Å². The summed E-state index contributed by atoms with van der Waals surface area (Å²) >= 11 is 0. The Balaban J connectivity index is 0.000000111. The van der Waals surface area contributed by atoms with Crippen molar-refractivity contribution < 1.29 is 10.2 Å². The lowest BCUT2D eigenvalue weighted by Crippen LogP contribution is -2.13. The Morgan fingerprint density at radius 2 is 1.06 bits per heavy atom. The summed E-state index contributed by atoms with van der Waals surface area (Å²) in [6.45, 7) is 0.891. The van der Waals surface area contributed by atoms with Gasteiger partial charge in [-0.3, -0.25) is 0 Å². The lowest BCUT2D eigenvalue weighted by atomic mass is 9.90. The van der Waals surface area contributed by atoms with Crippen LogP contribution in [-0.2, 0) is 0 Å². The molecule has 0 amide bonds. The molecule has 0 radical (unpaired) electrons. The molecule has 4 rings (SSSR count). The van der Waals surface area contributed by atoms with E-state index in [0.29, 0.717) is 25.0 Å². The van der Waals surface area contributed by atoms with Gasteiger partial charge >= 0.3 is 0 Å². The summed E-state index contributed by atoms with van der Waals surface area (Å²) in [5.74, 6) is 5.16. The van der Waals surface area contributed by atoms with Gasteiger partial charge in [0.1, 0.15) is 0 Å². The first-order valence-corrected chi connectivity index (χ1v) is 8.01. The summed E-state index contributed by atoms with van der Waals surface area (Å²) in [5.41, 5.74) is 0. The molecule has 2 N–H and O–H groups in total. The molecule has 6 unspecified atom stereocenters. The number of hydrogen-bond donors (Lipinski definition) is 2. The van der Waals surface area contributed by atoms with Gasteiger partial charge in [-0.05, 0) is 74.0 Å². The minimum absolute atomic E-state index is 0.446. The van der Waals surface area contributed by atoms with Gasteiger partial charge in [0, 0.05) is 13.2 Å². The van der Waals surface area contributed by atoms with E-state index in [0.717, 1.165) is 23.7 Å². The predicted molar refractivity (Wildman–Crippen MR) is 72.0 cm³/mol. The molecule has 0 heterocycles. The van der Waals surface area contributed by atoms with Gasteiger partial charge in [0.2, 0.25) is 0 Å². The molecule has 4 aliphatic rings. The number of aliphatic hydroxyl groups excluding tert-OH is 2. The van der Waals surface area contributed by atoms with E-state index in [1.165, 1.54) is 51.4 Å². The maximum Gasteiger partial charge on any atom is 0.0462 e. The smallest absolute Gasteiger partial charge is 0.0462 e. The average molecular weight is 252 g/mol. The Morgan fingerprint density at radius 1 is 0.611 bits per heavy atom. The van der Waals surface area contributed by atoms with E-state index < -0.39 is 0 Å². The standard InChI is InChI=1S/2C8H14O/c2*9-5-8-4-6-1-2-7(8)3-6/h2*6-9H,1-5H2. The first kappa shape index (κ1) is 12.9. The van der Waals surface area contributed by atoms with E-state index in [4.69, 9.17) is 10.2 Å². The van der Waals surface area contributed by atoms with E-state index in [2.05, 4.69) is 0 Å². The normalized spacial score (nSPS) is 48.3. The van der Waals surface area contributed by atoms with Crippen LogP contribution in [-0.4, -0.2) is 23.4 Å². The molecule has 6 atom stereocenters. The van der Waals surface area contributed by atoms with Crippen LogP contribution in [0.1, 0.15) is 51.4 Å². The van der Waals surface area contributed by atoms with Crippen LogP contribution in [0.2, 0.25) is 0 Å². The molecular weight excluding hydrogens is 224 g/mol. The van der Waals surface area contributed by atoms with Crippen LogP contribution >= 0.6 is 0 Å². The molecule has 0 aromatic heterocycles. The number of rotatable bonds is 2. The third-order valence-electron chi connectivity index (χ3n) is 6.24. The number of hydrogen-bond acceptors (Lipinski definition) is 2. The van der Waals surface area contributed by atoms with Crippen LogP contribution in [0.15, 0.2) is 0 Å². The van der Waals surface area contributed by atoms with Crippen molar-refractivity contribution in [3.8, 4) is 0 Å². The SMILES string of the molecule is OCC1CC2CCC1C2.OCC1CC2CCC1C2. The van der Waals surface area contributed by atoms with Crippen molar-refractivity contribution in [2.24, 2.45) is 35.5 Å². The van der Waals surface area contributed by atoms with Gasteiger partial charge in [-0.25, -0.2) is 0 Å². The summed E-state index contributed by atoms with van der Waals surface area (Å²) in [4.78, 5) is 0. The third-order valence-corrected chi connectivity index (χ3v) is 6.24. The Labute approximate surface area is 111 Å². The number of fused-ring (bicyclic) bond motifs is 4. The molecule has 18 heavy (non-hydrogen) atoms. The first-order valence-electron chi connectivity index (χ1n) is 8.01. The molecule has 4 saturated carbocycles. The highest BCUT2D eigenvalue weighted by Gasteiger charge is 2.39. The molecule has 0 aromatic rings. The Kier molecular flexibility index (Phi) is 3.95. The highest BCUT2D eigenvalue weighted by atomic mass is 16.3. The van der Waals surface area contributed by atoms with Crippen LogP contribution < -0.4 is 0 Å². The van der Waals surface area contributed by atoms with E-state index in [-0.39, 0.29) is 0 Å². The molecule has 4 aliphatic carbocycles. The van der Waals surface area contributed by atoms with Gasteiger partial charge in [-0.15, -0.1) is 0 Å². The molecule has 0 saturated heterocycles. The van der Waals surface area contributed by atoms with Gasteiger partial charge in [0.25, 0.3) is 0 Å². The molecular formula is C16H28O2. The summed E-state index contributed by atoms with van der Waals surface area (Å²) in [6, 6.07) is 0. The zero-order chi connectivity index (χ0) is 12.5. The monoisotopic (exact) mass is 252 g/mol. The Bertz CT molecular complexity index is 250. The van der Waals surface area contributed by atoms with Crippen LogP contribution in [0.4, 0.5) is 0 Å². The molecule has 104 valence electrons. The van der Waals surface area contributed by atoms with Gasteiger partial charge in [0.15, 0.2) is 0 Å². The van der Waals surface area contributed by atoms with Crippen LogP contribution in [0.25, 0.3) is 0 Å². The average Bonchev–Trinajstić information content (AvgIpc) is 3.17. The maximum atomic E-state index is 8.89. The van der Waals surface area contributed by atoms with Gasteiger partial charge in [-0.1, -0.05) is 12.8 Å². The van der Waals surface area contributed by atoms with Gasteiger partial charge in [0.05, 0.1) is 0 Å². The topological polar surface area (TPSA) is 40.5 Å². The van der Waals surface area contributed by atoms with Crippen molar-refractivity contribution in [1.82, 2.24) is 0 Å². The molecule has 4 bridgehead atoms. The minimum Gasteiger partial charge on any atom is -0.396 e. The van der Waals surface area contributed by atoms with Gasteiger partial charge < -0.3 is 10.2 Å². The Morgan fingerprint density at radius 3 is 1.22 bits per heavy atom. The van der Waals surface area contributed by atoms with E-state index in [1.54, 1.807) is 0 Å². The zero-order valence-electron chi connectivity index (χ0n) is 11.4. The van der Waals surface area contributed by atoms with E-state index in [1.807, 2.05) is 0 Å². The quantitative estimate of drug-likeness (QED) is 0.793. The fraction of sp³-hybridized carbons (Fsp3) is 1.00. The second-order valence-corrected chi connectivity index (χ2v) is 7.24. The summed E-state index contributed by atoms with van der Waals surface area (Å²) in [5, 5.41) is 17.8. The van der Waals surface area contributed by atoms with Crippen molar-refractivity contribution in [2.75, 3.05) is 13.2 Å². The number of aliphatic hydroxyl groups is 2. The van der Waals surface area contributed by atoms with Crippen LogP contribution in [0.3, 0.4) is 0 Å². The molecule has 4 fully saturated rings. The van der Waals surface area contributed by atoms with Gasteiger partial charge in [-0.2, -0.15) is 0 Å². The van der Waals surface area contributed by atoms with Crippen molar-refractivity contribution in [3.63, 3.8) is 0 Å². The van der Waals surface area contributed by atoms with E-state index in [9.17, 15) is 0 Å². The fourth-order valence-corrected chi connectivity index (χ4v) is 5.20. The van der Waals surface area contributed by atoms with Crippen LogP contribution in [0.5, 0.6) is 0 Å². The molecule has 2 nitrogen and oxygen atoms in total. The molecule has 2 heteroatoms. The summed E-state index contributed by atoms with van der Waals surface area (Å²) in [7, 11) is 0. The van der Waals surface area contributed by atoms with Crippen molar-refractivity contribution in [2.45, 2.75) is 51.4 Å². The largest absolute Gasteiger partial charge is 0.396 e. The highest BCUT2D eigenvalue weighted by molar-refractivity contribution is 4.90. The predicted octanol–water partition coefficient (Wildman–Crippen LogP) is 2.83. The Hall–Kier alpha value is -0.0800. The first-order chi connectivity index (χ1) is 8.80. The van der Waals surface area contributed by atoms with E-state index >= 15 is 0 Å². The second kappa shape index (κ2) is 5.50. The maximum absolute atomic E-state index is 8.89. The highest BCUT2D eigenvalue weighted by Crippen LogP contribution is 2.48. The van der Waals surface area contributed by atoms with Crippen molar-refractivity contribution in [1.29, 1.82) is 0 Å². The fourth-order valence-electron chi connectivity index (χ4n) is 5.20.